The quantitative estimate of drug-likeness (QED) is 0.667. The number of imidazole rings is 1. The lowest BCUT2D eigenvalue weighted by molar-refractivity contribution is -0.118. The minimum Gasteiger partial charge on any atom is -0.491 e. The molecule has 1 unspecified atom stereocenters. The predicted molar refractivity (Wildman–Crippen MR) is 104 cm³/mol. The van der Waals surface area contributed by atoms with Crippen LogP contribution in [0.15, 0.2) is 36.7 Å². The van der Waals surface area contributed by atoms with Crippen LogP contribution in [0.2, 0.25) is 0 Å². The number of ether oxygens (including phenoxy) is 1. The van der Waals surface area contributed by atoms with Crippen LogP contribution >= 0.6 is 0 Å². The lowest BCUT2D eigenvalue weighted by Crippen LogP contribution is -2.24. The summed E-state index contributed by atoms with van der Waals surface area (Å²) in [4.78, 5) is 35.3. The van der Waals surface area contributed by atoms with E-state index in [2.05, 4.69) is 20.1 Å². The summed E-state index contributed by atoms with van der Waals surface area (Å²) in [7, 11) is 1.77. The number of amides is 2. The van der Waals surface area contributed by atoms with E-state index < -0.39 is 5.91 Å². The van der Waals surface area contributed by atoms with E-state index in [1.807, 2.05) is 24.3 Å². The normalized spacial score (nSPS) is 17.5. The summed E-state index contributed by atoms with van der Waals surface area (Å²) in [5.74, 6) is 1.99. The lowest BCUT2D eigenvalue weighted by atomic mass is 10.2. The third-order valence-corrected chi connectivity index (χ3v) is 4.87. The molecule has 0 saturated heterocycles. The molecule has 1 atom stereocenters. The van der Waals surface area contributed by atoms with Gasteiger partial charge in [0, 0.05) is 25.9 Å². The van der Waals surface area contributed by atoms with Crippen molar-refractivity contribution >= 4 is 17.5 Å². The number of rotatable bonds is 2. The maximum absolute atomic E-state index is 11.4. The van der Waals surface area contributed by atoms with Gasteiger partial charge in [0.15, 0.2) is 0 Å². The number of nitrogens with one attached hydrogen (secondary N) is 1. The molecule has 2 amide bonds. The number of H-pyrrole nitrogens is 1. The van der Waals surface area contributed by atoms with Crippen LogP contribution < -0.4 is 15.4 Å². The maximum atomic E-state index is 11.4. The fourth-order valence-corrected chi connectivity index (χ4v) is 3.39. The number of aryl methyl sites for hydroxylation is 1. The van der Waals surface area contributed by atoms with Crippen molar-refractivity contribution in [3.63, 3.8) is 0 Å². The molecule has 10 nitrogen and oxygen atoms in total. The number of carbonyl (C=O) groups is 2. The molecule has 2 aromatic heterocycles. The molecular weight excluding hydrogens is 374 g/mol. The van der Waals surface area contributed by atoms with E-state index in [1.54, 1.807) is 29.0 Å². The van der Waals surface area contributed by atoms with Gasteiger partial charge in [-0.1, -0.05) is 12.1 Å². The molecule has 0 spiro atoms. The molecule has 3 N–H and O–H groups in total. The average Bonchev–Trinajstić information content (AvgIpc) is 3.43. The number of para-hydroxylation sites is 2. The van der Waals surface area contributed by atoms with Crippen molar-refractivity contribution < 1.29 is 14.3 Å². The molecule has 2 aliphatic rings. The zero-order chi connectivity index (χ0) is 20.4. The van der Waals surface area contributed by atoms with Crippen molar-refractivity contribution in [1.29, 1.82) is 0 Å². The highest BCUT2D eigenvalue weighted by Crippen LogP contribution is 2.29. The number of hydrogen-bond acceptors (Lipinski definition) is 6. The molecule has 150 valence electrons. The third kappa shape index (κ3) is 3.68. The smallest absolute Gasteiger partial charge is 0.288 e. The fraction of sp³-hybridized carbons (Fsp3) is 0.316. The Morgan fingerprint density at radius 2 is 2.14 bits per heavy atom. The van der Waals surface area contributed by atoms with Crippen molar-refractivity contribution in [2.24, 2.45) is 5.73 Å². The number of fused-ring (bicyclic) bond motifs is 2. The van der Waals surface area contributed by atoms with E-state index >= 15 is 0 Å². The summed E-state index contributed by atoms with van der Waals surface area (Å²) in [6, 6.07) is 7.61. The highest BCUT2D eigenvalue weighted by Gasteiger charge is 2.29. The van der Waals surface area contributed by atoms with Crippen molar-refractivity contribution in [2.75, 3.05) is 18.6 Å². The molecule has 3 aromatic rings. The Morgan fingerprint density at radius 3 is 2.90 bits per heavy atom. The molecule has 5 rings (SSSR count). The maximum Gasteiger partial charge on any atom is 0.288 e. The number of primary amides is 1. The van der Waals surface area contributed by atoms with Crippen molar-refractivity contribution in [3.8, 4) is 5.75 Å². The summed E-state index contributed by atoms with van der Waals surface area (Å²) in [6.45, 7) is 0.472. The van der Waals surface area contributed by atoms with E-state index in [1.165, 1.54) is 0 Å². The van der Waals surface area contributed by atoms with Gasteiger partial charge in [0.05, 0.1) is 18.7 Å². The second-order valence-electron chi connectivity index (χ2n) is 6.71. The van der Waals surface area contributed by atoms with Crippen LogP contribution in [0.1, 0.15) is 41.2 Å². The molecule has 0 saturated carbocycles. The van der Waals surface area contributed by atoms with E-state index in [-0.39, 0.29) is 17.8 Å². The number of carbonyl (C=O) groups excluding carboxylic acids is 2. The summed E-state index contributed by atoms with van der Waals surface area (Å²) >= 11 is 0. The van der Waals surface area contributed by atoms with Crippen LogP contribution in [-0.4, -0.2) is 50.2 Å². The first-order chi connectivity index (χ1) is 14.0. The molecule has 10 heteroatoms. The second kappa shape index (κ2) is 7.74. The topological polar surface area (TPSA) is 132 Å². The van der Waals surface area contributed by atoms with Gasteiger partial charge in [-0.25, -0.2) is 14.6 Å². The van der Waals surface area contributed by atoms with Crippen LogP contribution in [0.3, 0.4) is 0 Å². The number of hydrogen-bond donors (Lipinski definition) is 2. The Hall–Kier alpha value is -3.69. The van der Waals surface area contributed by atoms with Gasteiger partial charge >= 0.3 is 0 Å². The van der Waals surface area contributed by atoms with E-state index in [0.717, 1.165) is 35.9 Å². The average molecular weight is 395 g/mol. The number of benzene rings is 1. The molecule has 0 aliphatic carbocycles. The third-order valence-electron chi connectivity index (χ3n) is 4.87. The van der Waals surface area contributed by atoms with Crippen molar-refractivity contribution in [2.45, 2.75) is 25.3 Å². The zero-order valence-corrected chi connectivity index (χ0v) is 15.9. The van der Waals surface area contributed by atoms with E-state index in [4.69, 9.17) is 10.5 Å². The highest BCUT2D eigenvalue weighted by atomic mass is 16.5. The van der Waals surface area contributed by atoms with E-state index in [0.29, 0.717) is 13.0 Å². The van der Waals surface area contributed by atoms with Crippen LogP contribution in [0, 0.1) is 0 Å². The van der Waals surface area contributed by atoms with Gasteiger partial charge in [-0.05, 0) is 18.6 Å². The lowest BCUT2D eigenvalue weighted by Gasteiger charge is -2.15. The Morgan fingerprint density at radius 1 is 1.31 bits per heavy atom. The Bertz CT molecular complexity index is 1030. The summed E-state index contributed by atoms with van der Waals surface area (Å²) in [5.41, 5.74) is 5.99. The molecule has 1 aromatic carbocycles. The van der Waals surface area contributed by atoms with Crippen LogP contribution in [0.25, 0.3) is 0 Å². The van der Waals surface area contributed by atoms with Gasteiger partial charge in [-0.2, -0.15) is 0 Å². The van der Waals surface area contributed by atoms with Gasteiger partial charge in [-0.3, -0.25) is 9.59 Å². The Labute approximate surface area is 166 Å². The number of anilines is 1. The van der Waals surface area contributed by atoms with Crippen molar-refractivity contribution in [3.05, 3.63) is 54.1 Å². The van der Waals surface area contributed by atoms with Crippen LogP contribution in [0.4, 0.5) is 5.69 Å². The first-order valence-corrected chi connectivity index (χ1v) is 9.27. The van der Waals surface area contributed by atoms with E-state index in [9.17, 15) is 9.59 Å². The molecule has 2 aliphatic heterocycles. The second-order valence-corrected chi connectivity index (χ2v) is 6.71. The number of nitrogens with two attached hydrogens (primary N) is 1. The van der Waals surface area contributed by atoms with Crippen LogP contribution in [0.5, 0.6) is 5.75 Å². The molecule has 0 fully saturated rings. The molecule has 0 radical (unpaired) electrons. The van der Waals surface area contributed by atoms with Crippen molar-refractivity contribution in [1.82, 2.24) is 24.7 Å². The first kappa shape index (κ1) is 18.7. The first-order valence-electron chi connectivity index (χ1n) is 9.27. The Kier molecular flexibility index (Phi) is 4.98. The molecule has 4 heterocycles. The summed E-state index contributed by atoms with van der Waals surface area (Å²) < 4.78 is 7.15. The van der Waals surface area contributed by atoms with Gasteiger partial charge < -0.3 is 20.4 Å². The highest BCUT2D eigenvalue weighted by molar-refractivity contribution is 5.95. The summed E-state index contributed by atoms with van der Waals surface area (Å²) in [6.07, 6.45) is 5.58. The fourth-order valence-electron chi connectivity index (χ4n) is 3.39. The summed E-state index contributed by atoms with van der Waals surface area (Å²) in [5, 5.41) is 4.10. The number of aromatic amines is 1. The number of aromatic nitrogens is 5. The van der Waals surface area contributed by atoms with Gasteiger partial charge in [0.2, 0.25) is 11.7 Å². The van der Waals surface area contributed by atoms with Crippen LogP contribution in [-0.2, 0) is 11.2 Å². The van der Waals surface area contributed by atoms with Gasteiger partial charge in [0.1, 0.15) is 23.4 Å². The van der Waals surface area contributed by atoms with Gasteiger partial charge in [-0.15, -0.1) is 5.10 Å². The van der Waals surface area contributed by atoms with Gasteiger partial charge in [0.25, 0.3) is 5.91 Å². The monoisotopic (exact) mass is 395 g/mol. The molecule has 0 bridgehead atoms. The molecule has 29 heavy (non-hydrogen) atoms. The minimum absolute atomic E-state index is 0.0330. The molecular formula is C19H21N7O3. The largest absolute Gasteiger partial charge is 0.491 e. The zero-order valence-electron chi connectivity index (χ0n) is 15.9. The SMILES string of the molecule is CN1C(=O)CCOc2ccccc21.NC(=O)c1nc2n(n1)C(c1ncc[nH]1)CC2. The standard InChI is InChI=1S/C10H11NO2.C9H10N6O/c1-11-8-4-2-3-5-9(8)13-7-6-10(11)12;10-7(16)9-13-6-2-1-5(15(6)14-9)8-11-3-4-12-8/h2-5H,6-7H2,1H3;3-5H,1-2H2,(H2,10,16)(H,11,12). The Balaban J connectivity index is 0.000000145. The number of nitrogens with zero attached hydrogens (tertiary/aromatic N) is 5. The minimum atomic E-state index is -0.597. The predicted octanol–water partition coefficient (Wildman–Crippen LogP) is 1.07.